The van der Waals surface area contributed by atoms with Gasteiger partial charge in [-0.15, -0.1) is 0 Å². The monoisotopic (exact) mass is 458 g/mol. The first-order valence-electron chi connectivity index (χ1n) is 9.41. The van der Waals surface area contributed by atoms with Crippen LogP contribution in [0.3, 0.4) is 0 Å². The molecule has 2 aromatic carbocycles. The predicted molar refractivity (Wildman–Crippen MR) is 121 cm³/mol. The molecule has 0 aliphatic heterocycles. The van der Waals surface area contributed by atoms with Gasteiger partial charge >= 0.3 is 0 Å². The minimum absolute atomic E-state index is 0.0258. The predicted octanol–water partition coefficient (Wildman–Crippen LogP) is 4.44. The molecule has 0 radical (unpaired) electrons. The molecule has 160 valence electrons. The van der Waals surface area contributed by atoms with Crippen molar-refractivity contribution in [2.45, 2.75) is 6.92 Å². The normalized spacial score (nSPS) is 11.3. The zero-order valence-corrected chi connectivity index (χ0v) is 18.1. The smallest absolute Gasteiger partial charge is 0.268 e. The van der Waals surface area contributed by atoms with Gasteiger partial charge in [0.1, 0.15) is 17.2 Å². The second-order valence-corrected chi connectivity index (χ2v) is 7.53. The SMILES string of the molecule is Cc1ccc(C(=O)N/C(=C/c2ccc(-c3ccc(Cl)cc3Cl)o2)C(=O)NCCO)cc1. The summed E-state index contributed by atoms with van der Waals surface area (Å²) in [7, 11) is 0. The van der Waals surface area contributed by atoms with Gasteiger partial charge in [0.15, 0.2) is 0 Å². The van der Waals surface area contributed by atoms with Crippen molar-refractivity contribution in [3.63, 3.8) is 0 Å². The van der Waals surface area contributed by atoms with Crippen LogP contribution in [0.25, 0.3) is 17.4 Å². The van der Waals surface area contributed by atoms with Crippen LogP contribution in [0.15, 0.2) is 64.7 Å². The summed E-state index contributed by atoms with van der Waals surface area (Å²) in [6.45, 7) is 1.72. The van der Waals surface area contributed by atoms with Crippen LogP contribution in [0.4, 0.5) is 0 Å². The van der Waals surface area contributed by atoms with E-state index in [-0.39, 0.29) is 18.8 Å². The molecule has 2 amide bonds. The molecular weight excluding hydrogens is 439 g/mol. The zero-order valence-electron chi connectivity index (χ0n) is 16.6. The molecule has 0 bridgehead atoms. The number of rotatable bonds is 7. The number of aliphatic hydroxyl groups excluding tert-OH is 1. The molecule has 0 unspecified atom stereocenters. The van der Waals surface area contributed by atoms with Crippen LogP contribution < -0.4 is 10.6 Å². The molecule has 0 aliphatic carbocycles. The first kappa shape index (κ1) is 22.6. The summed E-state index contributed by atoms with van der Waals surface area (Å²) in [5.41, 5.74) is 2.03. The number of nitrogens with one attached hydrogen (secondary N) is 2. The summed E-state index contributed by atoms with van der Waals surface area (Å²) in [6, 6.07) is 15.3. The lowest BCUT2D eigenvalue weighted by Gasteiger charge is -2.10. The van der Waals surface area contributed by atoms with Crippen molar-refractivity contribution in [3.8, 4) is 11.3 Å². The van der Waals surface area contributed by atoms with Crippen LogP contribution in [0.1, 0.15) is 21.7 Å². The Morgan fingerprint density at radius 2 is 1.81 bits per heavy atom. The number of amides is 2. The van der Waals surface area contributed by atoms with E-state index >= 15 is 0 Å². The van der Waals surface area contributed by atoms with Crippen molar-refractivity contribution in [2.24, 2.45) is 0 Å². The lowest BCUT2D eigenvalue weighted by atomic mass is 10.1. The fourth-order valence-corrected chi connectivity index (χ4v) is 3.23. The van der Waals surface area contributed by atoms with E-state index in [1.54, 1.807) is 54.6 Å². The molecule has 0 aliphatic rings. The van der Waals surface area contributed by atoms with Gasteiger partial charge in [-0.2, -0.15) is 0 Å². The summed E-state index contributed by atoms with van der Waals surface area (Å²) in [4.78, 5) is 25.1. The minimum atomic E-state index is -0.558. The molecule has 0 atom stereocenters. The van der Waals surface area contributed by atoms with Crippen LogP contribution in [-0.4, -0.2) is 30.1 Å². The van der Waals surface area contributed by atoms with Crippen LogP contribution in [-0.2, 0) is 4.79 Å². The first-order valence-corrected chi connectivity index (χ1v) is 10.2. The van der Waals surface area contributed by atoms with Crippen molar-refractivity contribution in [3.05, 3.63) is 87.2 Å². The number of furan rings is 1. The van der Waals surface area contributed by atoms with E-state index in [1.807, 2.05) is 6.92 Å². The molecule has 3 N–H and O–H groups in total. The summed E-state index contributed by atoms with van der Waals surface area (Å²) in [6.07, 6.45) is 1.41. The third-order valence-electron chi connectivity index (χ3n) is 4.31. The molecule has 31 heavy (non-hydrogen) atoms. The lowest BCUT2D eigenvalue weighted by molar-refractivity contribution is -0.117. The topological polar surface area (TPSA) is 91.6 Å². The summed E-state index contributed by atoms with van der Waals surface area (Å²) in [5, 5.41) is 15.0. The van der Waals surface area contributed by atoms with Crippen molar-refractivity contribution >= 4 is 41.1 Å². The number of carbonyl (C=O) groups is 2. The third kappa shape index (κ3) is 5.98. The Morgan fingerprint density at radius 3 is 2.48 bits per heavy atom. The number of aliphatic hydroxyl groups is 1. The van der Waals surface area contributed by atoms with Gasteiger partial charge in [-0.05, 0) is 49.4 Å². The van der Waals surface area contributed by atoms with Crippen molar-refractivity contribution in [2.75, 3.05) is 13.2 Å². The molecule has 0 spiro atoms. The molecule has 3 aromatic rings. The summed E-state index contributed by atoms with van der Waals surface area (Å²) < 4.78 is 5.79. The first-order chi connectivity index (χ1) is 14.9. The molecule has 0 fully saturated rings. The van der Waals surface area contributed by atoms with Gasteiger partial charge in [0.05, 0.1) is 11.6 Å². The maximum absolute atomic E-state index is 12.6. The third-order valence-corrected chi connectivity index (χ3v) is 4.86. The highest BCUT2D eigenvalue weighted by molar-refractivity contribution is 6.36. The summed E-state index contributed by atoms with van der Waals surface area (Å²) >= 11 is 12.2. The maximum Gasteiger partial charge on any atom is 0.268 e. The molecule has 0 saturated carbocycles. The standard InChI is InChI=1S/C23H20Cl2N2O4/c1-14-2-4-15(5-3-14)22(29)27-20(23(30)26-10-11-28)13-17-7-9-21(31-17)18-8-6-16(24)12-19(18)25/h2-9,12-13,28H,10-11H2,1H3,(H,26,30)(H,27,29)/b20-13+. The molecule has 8 heteroatoms. The van der Waals surface area contributed by atoms with Gasteiger partial charge in [0, 0.05) is 28.8 Å². The van der Waals surface area contributed by atoms with Crippen molar-refractivity contribution < 1.29 is 19.1 Å². The number of halogens is 2. The Labute approximate surface area is 189 Å². The quantitative estimate of drug-likeness (QED) is 0.456. The Balaban J connectivity index is 1.88. The minimum Gasteiger partial charge on any atom is -0.457 e. The molecule has 1 heterocycles. The molecule has 3 rings (SSSR count). The van der Waals surface area contributed by atoms with Gasteiger partial charge in [-0.1, -0.05) is 40.9 Å². The number of carbonyl (C=O) groups excluding carboxylic acids is 2. The highest BCUT2D eigenvalue weighted by Crippen LogP contribution is 2.31. The van der Waals surface area contributed by atoms with Crippen molar-refractivity contribution in [1.82, 2.24) is 10.6 Å². The largest absolute Gasteiger partial charge is 0.457 e. The van der Waals surface area contributed by atoms with Gasteiger partial charge in [0.2, 0.25) is 0 Å². The van der Waals surface area contributed by atoms with Crippen LogP contribution in [0.5, 0.6) is 0 Å². The highest BCUT2D eigenvalue weighted by Gasteiger charge is 2.16. The molecule has 1 aromatic heterocycles. The average Bonchev–Trinajstić information content (AvgIpc) is 3.20. The lowest BCUT2D eigenvalue weighted by Crippen LogP contribution is -2.36. The van der Waals surface area contributed by atoms with Gasteiger partial charge in [0.25, 0.3) is 11.8 Å². The van der Waals surface area contributed by atoms with Crippen LogP contribution >= 0.6 is 23.2 Å². The summed E-state index contributed by atoms with van der Waals surface area (Å²) in [5.74, 6) is -0.192. The fraction of sp³-hybridized carbons (Fsp3) is 0.130. The van der Waals surface area contributed by atoms with Gasteiger partial charge in [-0.3, -0.25) is 9.59 Å². The molecule has 6 nitrogen and oxygen atoms in total. The van der Waals surface area contributed by atoms with E-state index in [9.17, 15) is 9.59 Å². The van der Waals surface area contributed by atoms with E-state index in [0.29, 0.717) is 32.7 Å². The average molecular weight is 459 g/mol. The van der Waals surface area contributed by atoms with Crippen LogP contribution in [0.2, 0.25) is 10.0 Å². The second kappa shape index (κ2) is 10.3. The Morgan fingerprint density at radius 1 is 1.06 bits per heavy atom. The van der Waals surface area contributed by atoms with Gasteiger partial charge < -0.3 is 20.2 Å². The van der Waals surface area contributed by atoms with E-state index in [2.05, 4.69) is 10.6 Å². The number of benzene rings is 2. The van der Waals surface area contributed by atoms with Gasteiger partial charge in [-0.25, -0.2) is 0 Å². The number of hydrogen-bond acceptors (Lipinski definition) is 4. The van der Waals surface area contributed by atoms with Crippen molar-refractivity contribution in [1.29, 1.82) is 0 Å². The Kier molecular flexibility index (Phi) is 7.52. The maximum atomic E-state index is 12.6. The van der Waals surface area contributed by atoms with E-state index in [0.717, 1.165) is 5.56 Å². The van der Waals surface area contributed by atoms with E-state index in [4.69, 9.17) is 32.7 Å². The van der Waals surface area contributed by atoms with E-state index in [1.165, 1.54) is 6.08 Å². The van der Waals surface area contributed by atoms with E-state index < -0.39 is 11.8 Å². The second-order valence-electron chi connectivity index (χ2n) is 6.68. The molecule has 0 saturated heterocycles. The zero-order chi connectivity index (χ0) is 22.4. The number of aryl methyl sites for hydroxylation is 1. The Hall–Kier alpha value is -3.06. The molecular formula is C23H20Cl2N2O4. The Bertz CT molecular complexity index is 1120. The van der Waals surface area contributed by atoms with Crippen LogP contribution in [0, 0.1) is 6.92 Å². The fourth-order valence-electron chi connectivity index (χ4n) is 2.73. The highest BCUT2D eigenvalue weighted by atomic mass is 35.5. The number of hydrogen-bond donors (Lipinski definition) is 3.